The maximum absolute atomic E-state index is 12.4. The van der Waals surface area contributed by atoms with Crippen LogP contribution in [-0.4, -0.2) is 27.3 Å². The van der Waals surface area contributed by atoms with Gasteiger partial charge in [-0.05, 0) is 17.5 Å². The van der Waals surface area contributed by atoms with Gasteiger partial charge in [0, 0.05) is 17.8 Å². The number of ether oxygens (including phenoxy) is 1. The molecule has 2 aromatic carbocycles. The number of para-hydroxylation sites is 2. The second-order valence-corrected chi connectivity index (χ2v) is 6.00. The van der Waals surface area contributed by atoms with Crippen LogP contribution in [0.15, 0.2) is 66.5 Å². The number of esters is 2. The molecule has 0 spiro atoms. The van der Waals surface area contributed by atoms with E-state index in [-0.39, 0.29) is 11.4 Å². The number of carbonyl (C=O) groups excluding carboxylic acids is 2. The Hall–Kier alpha value is -3.47. The molecule has 2 aliphatic rings. The SMILES string of the molecule is O=C1OC(=O)C([N+]2=CCc3ccccc32)=C1n1ccc2ccccc21. The van der Waals surface area contributed by atoms with Gasteiger partial charge in [-0.2, -0.15) is 4.58 Å². The average Bonchev–Trinajstić information content (AvgIpc) is 3.30. The minimum Gasteiger partial charge on any atom is -0.380 e. The molecule has 1 aromatic heterocycles. The maximum Gasteiger partial charge on any atom is 0.414 e. The molecule has 5 rings (SSSR count). The predicted molar refractivity (Wildman–Crippen MR) is 92.4 cm³/mol. The van der Waals surface area contributed by atoms with E-state index in [9.17, 15) is 9.59 Å². The van der Waals surface area contributed by atoms with E-state index in [0.29, 0.717) is 6.42 Å². The Labute approximate surface area is 143 Å². The van der Waals surface area contributed by atoms with E-state index >= 15 is 0 Å². The summed E-state index contributed by atoms with van der Waals surface area (Å²) in [6.45, 7) is 0. The van der Waals surface area contributed by atoms with Crippen molar-refractivity contribution in [2.45, 2.75) is 6.42 Å². The molecule has 0 bridgehead atoms. The average molecular weight is 329 g/mol. The Morgan fingerprint density at radius 3 is 2.64 bits per heavy atom. The molecular formula is C20H13N2O3+. The van der Waals surface area contributed by atoms with Gasteiger partial charge in [0.15, 0.2) is 6.21 Å². The van der Waals surface area contributed by atoms with E-state index < -0.39 is 11.9 Å². The Morgan fingerprint density at radius 2 is 1.72 bits per heavy atom. The summed E-state index contributed by atoms with van der Waals surface area (Å²) in [4.78, 5) is 24.9. The van der Waals surface area contributed by atoms with Gasteiger partial charge in [-0.25, -0.2) is 9.59 Å². The zero-order valence-corrected chi connectivity index (χ0v) is 13.2. The lowest BCUT2D eigenvalue weighted by molar-refractivity contribution is -0.369. The number of benzene rings is 2. The second-order valence-electron chi connectivity index (χ2n) is 6.00. The molecule has 5 nitrogen and oxygen atoms in total. The lowest BCUT2D eigenvalue weighted by Gasteiger charge is -2.04. The number of aromatic nitrogens is 1. The van der Waals surface area contributed by atoms with E-state index in [1.165, 1.54) is 0 Å². The van der Waals surface area contributed by atoms with Crippen LogP contribution in [0.4, 0.5) is 5.69 Å². The fourth-order valence-electron chi connectivity index (χ4n) is 3.50. The summed E-state index contributed by atoms with van der Waals surface area (Å²) in [6.07, 6.45) is 4.41. The zero-order chi connectivity index (χ0) is 17.0. The third-order valence-electron chi connectivity index (χ3n) is 4.62. The van der Waals surface area contributed by atoms with Crippen LogP contribution < -0.4 is 0 Å². The summed E-state index contributed by atoms with van der Waals surface area (Å²) in [7, 11) is 0. The van der Waals surface area contributed by atoms with Crippen molar-refractivity contribution >= 4 is 40.4 Å². The van der Waals surface area contributed by atoms with Gasteiger partial charge in [0.25, 0.3) is 0 Å². The molecule has 0 N–H and O–H groups in total. The highest BCUT2D eigenvalue weighted by Crippen LogP contribution is 2.34. The number of nitrogens with zero attached hydrogens (tertiary/aromatic N) is 2. The normalized spacial score (nSPS) is 16.4. The Balaban J connectivity index is 1.78. The molecule has 25 heavy (non-hydrogen) atoms. The lowest BCUT2D eigenvalue weighted by atomic mass is 10.1. The maximum atomic E-state index is 12.4. The molecule has 120 valence electrons. The molecule has 0 amide bonds. The Morgan fingerprint density at radius 1 is 0.920 bits per heavy atom. The van der Waals surface area contributed by atoms with Crippen LogP contribution in [-0.2, 0) is 20.7 Å². The number of cyclic esters (lactones) is 2. The van der Waals surface area contributed by atoms with Crippen LogP contribution in [0.1, 0.15) is 5.56 Å². The first-order valence-electron chi connectivity index (χ1n) is 8.02. The van der Waals surface area contributed by atoms with Crippen molar-refractivity contribution in [1.82, 2.24) is 4.57 Å². The summed E-state index contributed by atoms with van der Waals surface area (Å²) < 4.78 is 8.45. The van der Waals surface area contributed by atoms with E-state index in [2.05, 4.69) is 0 Å². The van der Waals surface area contributed by atoms with Crippen molar-refractivity contribution in [2.75, 3.05) is 0 Å². The molecule has 3 heterocycles. The van der Waals surface area contributed by atoms with Gasteiger partial charge in [0.05, 0.1) is 11.9 Å². The van der Waals surface area contributed by atoms with Gasteiger partial charge in [0.2, 0.25) is 11.4 Å². The Bertz CT molecular complexity index is 1130. The molecule has 0 saturated heterocycles. The van der Waals surface area contributed by atoms with Gasteiger partial charge < -0.3 is 9.30 Å². The van der Waals surface area contributed by atoms with E-state index in [4.69, 9.17) is 4.74 Å². The van der Waals surface area contributed by atoms with Gasteiger partial charge in [-0.3, -0.25) is 0 Å². The van der Waals surface area contributed by atoms with Crippen molar-refractivity contribution in [3.63, 3.8) is 0 Å². The van der Waals surface area contributed by atoms with Gasteiger partial charge in [-0.15, -0.1) is 0 Å². The van der Waals surface area contributed by atoms with E-state index in [1.807, 2.05) is 60.8 Å². The van der Waals surface area contributed by atoms with Gasteiger partial charge >= 0.3 is 17.6 Å². The highest BCUT2D eigenvalue weighted by molar-refractivity contribution is 6.26. The standard InChI is InChI=1S/C20H13N2O3/c23-19-17(21-11-9-13-5-1-3-7-15(13)21)18(20(24)25-19)22-12-10-14-6-2-4-8-16(14)22/h1-9,11-12H,10H2/q+1. The van der Waals surface area contributed by atoms with Gasteiger partial charge in [0.1, 0.15) is 0 Å². The third kappa shape index (κ3) is 1.92. The van der Waals surface area contributed by atoms with Crippen molar-refractivity contribution in [3.05, 3.63) is 72.1 Å². The van der Waals surface area contributed by atoms with Crippen molar-refractivity contribution in [1.29, 1.82) is 0 Å². The van der Waals surface area contributed by atoms with Crippen molar-refractivity contribution in [3.8, 4) is 0 Å². The smallest absolute Gasteiger partial charge is 0.380 e. The van der Waals surface area contributed by atoms with Crippen LogP contribution in [0.2, 0.25) is 0 Å². The van der Waals surface area contributed by atoms with Crippen LogP contribution >= 0.6 is 0 Å². The number of fused-ring (bicyclic) bond motifs is 2. The van der Waals surface area contributed by atoms with E-state index in [0.717, 1.165) is 22.2 Å². The molecule has 0 unspecified atom stereocenters. The first kappa shape index (κ1) is 13.9. The molecule has 0 radical (unpaired) electrons. The molecule has 0 aliphatic carbocycles. The third-order valence-corrected chi connectivity index (χ3v) is 4.62. The first-order chi connectivity index (χ1) is 12.2. The summed E-state index contributed by atoms with van der Waals surface area (Å²) in [5.74, 6) is -1.25. The lowest BCUT2D eigenvalue weighted by Crippen LogP contribution is -2.13. The van der Waals surface area contributed by atoms with Crippen molar-refractivity contribution in [2.24, 2.45) is 0 Å². The Kier molecular flexibility index (Phi) is 2.79. The van der Waals surface area contributed by atoms with Gasteiger partial charge in [-0.1, -0.05) is 36.4 Å². The zero-order valence-electron chi connectivity index (χ0n) is 13.2. The minimum absolute atomic E-state index is 0.249. The largest absolute Gasteiger partial charge is 0.414 e. The van der Waals surface area contributed by atoms with Crippen LogP contribution in [0.3, 0.4) is 0 Å². The highest BCUT2D eigenvalue weighted by Gasteiger charge is 2.45. The topological polar surface area (TPSA) is 51.3 Å². The number of carbonyl (C=O) groups is 2. The molecule has 0 atom stereocenters. The number of hydrogen-bond donors (Lipinski definition) is 0. The van der Waals surface area contributed by atoms with Crippen LogP contribution in [0.25, 0.3) is 16.6 Å². The first-order valence-corrected chi connectivity index (χ1v) is 8.02. The molecule has 5 heteroatoms. The quantitative estimate of drug-likeness (QED) is 0.413. The summed E-state index contributed by atoms with van der Waals surface area (Å²) >= 11 is 0. The molecule has 2 aliphatic heterocycles. The molecule has 0 saturated carbocycles. The monoisotopic (exact) mass is 329 g/mol. The summed E-state index contributed by atoms with van der Waals surface area (Å²) in [5, 5.41) is 0.993. The number of rotatable bonds is 2. The van der Waals surface area contributed by atoms with Crippen LogP contribution in [0, 0.1) is 0 Å². The van der Waals surface area contributed by atoms with E-state index in [1.54, 1.807) is 15.3 Å². The predicted octanol–water partition coefficient (Wildman–Crippen LogP) is 2.86. The minimum atomic E-state index is -0.626. The van der Waals surface area contributed by atoms with Crippen molar-refractivity contribution < 1.29 is 18.9 Å². The summed E-state index contributed by atoms with van der Waals surface area (Å²) in [5.41, 5.74) is 3.38. The fourth-order valence-corrected chi connectivity index (χ4v) is 3.50. The summed E-state index contributed by atoms with van der Waals surface area (Å²) in [6, 6.07) is 17.5. The second kappa shape index (κ2) is 5.01. The molecule has 3 aromatic rings. The van der Waals surface area contributed by atoms with Crippen LogP contribution in [0.5, 0.6) is 0 Å². The molecular weight excluding hydrogens is 316 g/mol. The highest BCUT2D eigenvalue weighted by atomic mass is 16.6. The molecule has 0 fully saturated rings. The fraction of sp³-hybridized carbons (Fsp3) is 0.0500. The number of hydrogen-bond acceptors (Lipinski definition) is 3.